The average molecular weight is 356 g/mol. The molecule has 1 atom stereocenters. The largest absolute Gasteiger partial charge is 0.485 e. The van der Waals surface area contributed by atoms with Gasteiger partial charge in [-0.3, -0.25) is 4.79 Å². The van der Waals surface area contributed by atoms with Gasteiger partial charge < -0.3 is 14.5 Å². The molecule has 0 spiro atoms. The molecular weight excluding hydrogens is 332 g/mol. The van der Waals surface area contributed by atoms with E-state index in [1.165, 1.54) is 0 Å². The number of fused-ring (bicyclic) bond motifs is 1. The van der Waals surface area contributed by atoms with Gasteiger partial charge in [0.25, 0.3) is 5.91 Å². The summed E-state index contributed by atoms with van der Waals surface area (Å²) >= 11 is 1.67. The lowest BCUT2D eigenvalue weighted by Crippen LogP contribution is -2.46. The molecular formula is C20H24N2O2S. The second kappa shape index (κ2) is 7.83. The highest BCUT2D eigenvalue weighted by Gasteiger charge is 2.26. The Morgan fingerprint density at radius 3 is 2.64 bits per heavy atom. The Kier molecular flexibility index (Phi) is 5.53. The standard InChI is InChI=1S/C20H24N2O2S/c1-4-22-14-16(24-19-8-6-5-7-18(19)22)13-21(2)20(23)15-9-11-17(25-3)12-10-15/h5-12,16H,4,13-14H2,1-3H3/t16-/m1/s1. The van der Waals surface area contributed by atoms with Crippen LogP contribution in [-0.4, -0.2) is 49.8 Å². The first-order valence-electron chi connectivity index (χ1n) is 8.52. The summed E-state index contributed by atoms with van der Waals surface area (Å²) in [6, 6.07) is 15.8. The number of likely N-dealkylation sites (N-methyl/N-ethyl adjacent to an activating group) is 2. The number of hydrogen-bond donors (Lipinski definition) is 0. The highest BCUT2D eigenvalue weighted by atomic mass is 32.2. The van der Waals surface area contributed by atoms with Crippen LogP contribution >= 0.6 is 11.8 Å². The van der Waals surface area contributed by atoms with Crippen molar-refractivity contribution in [2.45, 2.75) is 17.9 Å². The van der Waals surface area contributed by atoms with E-state index in [1.807, 2.05) is 55.8 Å². The fourth-order valence-electron chi connectivity index (χ4n) is 3.12. The molecule has 0 N–H and O–H groups in total. The second-order valence-corrected chi connectivity index (χ2v) is 7.04. The van der Waals surface area contributed by atoms with Crippen LogP contribution < -0.4 is 9.64 Å². The normalized spacial score (nSPS) is 16.1. The molecule has 0 unspecified atom stereocenters. The Balaban J connectivity index is 1.68. The Morgan fingerprint density at radius 1 is 1.24 bits per heavy atom. The number of hydrogen-bond acceptors (Lipinski definition) is 4. The van der Waals surface area contributed by atoms with E-state index in [-0.39, 0.29) is 12.0 Å². The molecule has 0 saturated heterocycles. The SMILES string of the molecule is CCN1C[C@@H](CN(C)C(=O)c2ccc(SC)cc2)Oc2ccccc21. The third-order valence-corrected chi connectivity index (χ3v) is 5.21. The fourth-order valence-corrected chi connectivity index (χ4v) is 3.52. The van der Waals surface area contributed by atoms with Crippen molar-refractivity contribution in [2.24, 2.45) is 0 Å². The molecule has 3 rings (SSSR count). The molecule has 0 saturated carbocycles. The number of carbonyl (C=O) groups excluding carboxylic acids is 1. The van der Waals surface area contributed by atoms with E-state index >= 15 is 0 Å². The maximum atomic E-state index is 12.7. The van der Waals surface area contributed by atoms with Crippen molar-refractivity contribution in [2.75, 3.05) is 37.8 Å². The van der Waals surface area contributed by atoms with Crippen LogP contribution in [0.5, 0.6) is 5.75 Å². The Bertz CT molecular complexity index is 733. The van der Waals surface area contributed by atoms with Gasteiger partial charge in [-0.25, -0.2) is 0 Å². The molecule has 0 bridgehead atoms. The van der Waals surface area contributed by atoms with E-state index < -0.39 is 0 Å². The molecule has 1 heterocycles. The maximum Gasteiger partial charge on any atom is 0.253 e. The highest BCUT2D eigenvalue weighted by molar-refractivity contribution is 7.98. The third kappa shape index (κ3) is 3.93. The van der Waals surface area contributed by atoms with Gasteiger partial charge in [-0.15, -0.1) is 11.8 Å². The summed E-state index contributed by atoms with van der Waals surface area (Å²) in [5.74, 6) is 0.920. The zero-order valence-corrected chi connectivity index (χ0v) is 15.8. The van der Waals surface area contributed by atoms with Crippen molar-refractivity contribution in [3.05, 3.63) is 54.1 Å². The number of nitrogens with zero attached hydrogens (tertiary/aromatic N) is 2. The molecule has 2 aromatic carbocycles. The maximum absolute atomic E-state index is 12.7. The number of para-hydroxylation sites is 2. The molecule has 2 aromatic rings. The summed E-state index contributed by atoms with van der Waals surface area (Å²) in [4.78, 5) is 17.9. The van der Waals surface area contributed by atoms with Gasteiger partial charge in [-0.05, 0) is 49.6 Å². The zero-order chi connectivity index (χ0) is 17.8. The van der Waals surface area contributed by atoms with Crippen molar-refractivity contribution in [3.63, 3.8) is 0 Å². The van der Waals surface area contributed by atoms with Gasteiger partial charge >= 0.3 is 0 Å². The first kappa shape index (κ1) is 17.7. The van der Waals surface area contributed by atoms with Crippen molar-refractivity contribution in [3.8, 4) is 5.75 Å². The summed E-state index contributed by atoms with van der Waals surface area (Å²) < 4.78 is 6.12. The summed E-state index contributed by atoms with van der Waals surface area (Å²) in [6.07, 6.45) is 2.00. The van der Waals surface area contributed by atoms with Crippen LogP contribution in [-0.2, 0) is 0 Å². The summed E-state index contributed by atoms with van der Waals surface area (Å²) in [6.45, 7) is 4.41. The van der Waals surface area contributed by atoms with Gasteiger partial charge in [-0.1, -0.05) is 12.1 Å². The van der Waals surface area contributed by atoms with Gasteiger partial charge in [0.2, 0.25) is 0 Å². The van der Waals surface area contributed by atoms with E-state index in [1.54, 1.807) is 16.7 Å². The molecule has 25 heavy (non-hydrogen) atoms. The average Bonchev–Trinajstić information content (AvgIpc) is 2.66. The van der Waals surface area contributed by atoms with Crippen LogP contribution in [0, 0.1) is 0 Å². The minimum atomic E-state index is -0.0331. The van der Waals surface area contributed by atoms with Crippen LogP contribution in [0.15, 0.2) is 53.4 Å². The number of rotatable bonds is 5. The zero-order valence-electron chi connectivity index (χ0n) is 14.9. The fraction of sp³-hybridized carbons (Fsp3) is 0.350. The van der Waals surface area contributed by atoms with Crippen molar-refractivity contribution < 1.29 is 9.53 Å². The van der Waals surface area contributed by atoms with Gasteiger partial charge in [-0.2, -0.15) is 0 Å². The Morgan fingerprint density at radius 2 is 1.96 bits per heavy atom. The molecule has 0 radical (unpaired) electrons. The van der Waals surface area contributed by atoms with Crippen molar-refractivity contribution in [1.82, 2.24) is 4.90 Å². The number of thioether (sulfide) groups is 1. The lowest BCUT2D eigenvalue weighted by atomic mass is 10.1. The van der Waals surface area contributed by atoms with E-state index in [2.05, 4.69) is 17.9 Å². The van der Waals surface area contributed by atoms with Gasteiger partial charge in [0, 0.05) is 24.1 Å². The molecule has 1 aliphatic rings. The van der Waals surface area contributed by atoms with Gasteiger partial charge in [0.05, 0.1) is 18.8 Å². The molecule has 0 aromatic heterocycles. The molecule has 1 amide bonds. The van der Waals surface area contributed by atoms with Crippen LogP contribution in [0.3, 0.4) is 0 Å². The molecule has 1 aliphatic heterocycles. The number of ether oxygens (including phenoxy) is 1. The lowest BCUT2D eigenvalue weighted by molar-refractivity contribution is 0.0709. The molecule has 5 heteroatoms. The summed E-state index contributed by atoms with van der Waals surface area (Å²) in [7, 11) is 1.84. The van der Waals surface area contributed by atoms with Gasteiger partial charge in [0.15, 0.2) is 0 Å². The van der Waals surface area contributed by atoms with Crippen molar-refractivity contribution >= 4 is 23.4 Å². The van der Waals surface area contributed by atoms with Crippen LogP contribution in [0.1, 0.15) is 17.3 Å². The predicted molar refractivity (Wildman–Crippen MR) is 104 cm³/mol. The van der Waals surface area contributed by atoms with E-state index in [0.717, 1.165) is 29.4 Å². The number of carbonyl (C=O) groups is 1. The third-order valence-electron chi connectivity index (χ3n) is 4.47. The van der Waals surface area contributed by atoms with Crippen LogP contribution in [0.25, 0.3) is 0 Å². The number of amides is 1. The van der Waals surface area contributed by atoms with Gasteiger partial charge in [0.1, 0.15) is 11.9 Å². The minimum absolute atomic E-state index is 0.0261. The van der Waals surface area contributed by atoms with E-state index in [0.29, 0.717) is 12.1 Å². The highest BCUT2D eigenvalue weighted by Crippen LogP contribution is 2.32. The van der Waals surface area contributed by atoms with E-state index in [9.17, 15) is 4.79 Å². The predicted octanol–water partition coefficient (Wildman–Crippen LogP) is 3.77. The number of benzene rings is 2. The molecule has 4 nitrogen and oxygen atoms in total. The Labute approximate surface area is 153 Å². The smallest absolute Gasteiger partial charge is 0.253 e. The number of anilines is 1. The van der Waals surface area contributed by atoms with E-state index in [4.69, 9.17) is 4.74 Å². The first-order valence-corrected chi connectivity index (χ1v) is 9.75. The Hall–Kier alpha value is -2.14. The monoisotopic (exact) mass is 356 g/mol. The lowest BCUT2D eigenvalue weighted by Gasteiger charge is -2.37. The summed E-state index contributed by atoms with van der Waals surface area (Å²) in [5, 5.41) is 0. The van der Waals surface area contributed by atoms with Crippen LogP contribution in [0.4, 0.5) is 5.69 Å². The minimum Gasteiger partial charge on any atom is -0.485 e. The molecule has 0 aliphatic carbocycles. The molecule has 132 valence electrons. The summed E-state index contributed by atoms with van der Waals surface area (Å²) in [5.41, 5.74) is 1.84. The first-order chi connectivity index (χ1) is 12.1. The quantitative estimate of drug-likeness (QED) is 0.764. The van der Waals surface area contributed by atoms with Crippen molar-refractivity contribution in [1.29, 1.82) is 0 Å². The molecule has 0 fully saturated rings. The topological polar surface area (TPSA) is 32.8 Å². The van der Waals surface area contributed by atoms with Crippen LogP contribution in [0.2, 0.25) is 0 Å². The second-order valence-electron chi connectivity index (χ2n) is 6.16.